The predicted molar refractivity (Wildman–Crippen MR) is 99.8 cm³/mol. The van der Waals surface area contributed by atoms with Crippen LogP contribution in [0.5, 0.6) is 0 Å². The molecule has 1 aliphatic heterocycles. The summed E-state index contributed by atoms with van der Waals surface area (Å²) in [5, 5.41) is 2.22. The molecule has 1 N–H and O–H groups in total. The van der Waals surface area contributed by atoms with Crippen molar-refractivity contribution in [1.82, 2.24) is 5.32 Å². The minimum absolute atomic E-state index is 0.421. The number of barbiturate groups is 1. The van der Waals surface area contributed by atoms with Crippen LogP contribution in [-0.4, -0.2) is 24.1 Å². The first-order chi connectivity index (χ1) is 12.4. The van der Waals surface area contributed by atoms with E-state index in [9.17, 15) is 14.4 Å². The number of aryl methyl sites for hydroxylation is 3. The van der Waals surface area contributed by atoms with Gasteiger partial charge in [0, 0.05) is 6.21 Å². The van der Waals surface area contributed by atoms with Crippen molar-refractivity contribution in [3.05, 3.63) is 59.2 Å². The van der Waals surface area contributed by atoms with Crippen molar-refractivity contribution in [3.8, 4) is 0 Å². The maximum absolute atomic E-state index is 12.8. The van der Waals surface area contributed by atoms with Crippen LogP contribution in [0.25, 0.3) is 0 Å². The number of amides is 4. The second kappa shape index (κ2) is 6.92. The Kier molecular flexibility index (Phi) is 4.67. The fourth-order valence-electron chi connectivity index (χ4n) is 2.70. The number of hydrogen-bond acceptors (Lipinski definition) is 4. The van der Waals surface area contributed by atoms with Crippen molar-refractivity contribution in [2.75, 3.05) is 4.90 Å². The smallest absolute Gasteiger partial charge is 0.276 e. The van der Waals surface area contributed by atoms with Crippen LogP contribution in [0, 0.1) is 26.7 Å². The Balaban J connectivity index is 1.90. The van der Waals surface area contributed by atoms with Crippen molar-refractivity contribution < 1.29 is 14.4 Å². The molecule has 1 fully saturated rings. The molecule has 0 spiro atoms. The molecule has 1 aliphatic rings. The third kappa shape index (κ3) is 3.39. The fourth-order valence-corrected chi connectivity index (χ4v) is 2.70. The van der Waals surface area contributed by atoms with Gasteiger partial charge in [0.2, 0.25) is 5.91 Å². The second-order valence-corrected chi connectivity index (χ2v) is 6.33. The first-order valence-corrected chi connectivity index (χ1v) is 8.24. The fraction of sp³-hybridized carbons (Fsp3) is 0.200. The van der Waals surface area contributed by atoms with E-state index in [1.165, 1.54) is 6.21 Å². The van der Waals surface area contributed by atoms with Gasteiger partial charge in [-0.2, -0.15) is 0 Å². The number of carbonyl (C=O) groups is 3. The number of urea groups is 1. The minimum Gasteiger partial charge on any atom is -0.276 e. The highest BCUT2D eigenvalue weighted by molar-refractivity contribution is 6.32. The Labute approximate surface area is 151 Å². The second-order valence-electron chi connectivity index (χ2n) is 6.33. The third-order valence-electron chi connectivity index (χ3n) is 4.33. The lowest BCUT2D eigenvalue weighted by molar-refractivity contribution is -0.131. The van der Waals surface area contributed by atoms with Gasteiger partial charge in [-0.3, -0.25) is 19.9 Å². The molecule has 0 aromatic heterocycles. The zero-order valence-electron chi connectivity index (χ0n) is 14.8. The van der Waals surface area contributed by atoms with Gasteiger partial charge in [0.15, 0.2) is 5.92 Å². The van der Waals surface area contributed by atoms with Crippen LogP contribution < -0.4 is 10.2 Å². The Morgan fingerprint density at radius 3 is 2.46 bits per heavy atom. The summed E-state index contributed by atoms with van der Waals surface area (Å²) in [7, 11) is 0. The standard InChI is InChI=1S/C20H19N3O3/c1-12-5-4-6-16(9-12)23-19(25)17(18(24)22-20(23)26)11-21-15-8-7-13(2)14(3)10-15/h4-11,17H,1-3H3,(H,22,24,26)/t17-/m1/s1. The van der Waals surface area contributed by atoms with E-state index in [1.807, 2.05) is 45.0 Å². The first kappa shape index (κ1) is 17.5. The van der Waals surface area contributed by atoms with Crippen molar-refractivity contribution >= 4 is 35.4 Å². The quantitative estimate of drug-likeness (QED) is 0.682. The zero-order chi connectivity index (χ0) is 18.8. The minimum atomic E-state index is -1.16. The van der Waals surface area contributed by atoms with Gasteiger partial charge in [-0.1, -0.05) is 18.2 Å². The van der Waals surface area contributed by atoms with Crippen LogP contribution in [0.15, 0.2) is 47.5 Å². The third-order valence-corrected chi connectivity index (χ3v) is 4.33. The molecule has 1 atom stereocenters. The molecule has 0 saturated carbocycles. The molecule has 6 heteroatoms. The number of imide groups is 2. The van der Waals surface area contributed by atoms with E-state index in [2.05, 4.69) is 10.3 Å². The van der Waals surface area contributed by atoms with Crippen LogP contribution in [0.4, 0.5) is 16.2 Å². The van der Waals surface area contributed by atoms with Gasteiger partial charge < -0.3 is 0 Å². The highest BCUT2D eigenvalue weighted by atomic mass is 16.2. The molecule has 0 aliphatic carbocycles. The predicted octanol–water partition coefficient (Wildman–Crippen LogP) is 3.21. The van der Waals surface area contributed by atoms with Gasteiger partial charge in [0.05, 0.1) is 11.4 Å². The largest absolute Gasteiger partial charge is 0.335 e. The van der Waals surface area contributed by atoms with Gasteiger partial charge in [-0.15, -0.1) is 0 Å². The Morgan fingerprint density at radius 2 is 1.77 bits per heavy atom. The molecule has 0 bridgehead atoms. The maximum atomic E-state index is 12.8. The SMILES string of the molecule is Cc1cccc(N2C(=O)NC(=O)[C@@H](C=Nc3ccc(C)c(C)c3)C2=O)c1. The first-order valence-electron chi connectivity index (χ1n) is 8.24. The van der Waals surface area contributed by atoms with E-state index in [4.69, 9.17) is 0 Å². The van der Waals surface area contributed by atoms with Crippen LogP contribution >= 0.6 is 0 Å². The zero-order valence-corrected chi connectivity index (χ0v) is 14.8. The molecule has 6 nitrogen and oxygen atoms in total. The molecule has 4 amide bonds. The molecule has 132 valence electrons. The molecular weight excluding hydrogens is 330 g/mol. The molecule has 0 unspecified atom stereocenters. The lowest BCUT2D eigenvalue weighted by Gasteiger charge is -2.28. The van der Waals surface area contributed by atoms with Crippen LogP contribution in [0.2, 0.25) is 0 Å². The number of aliphatic imine (C=N–C) groups is 1. The molecular formula is C20H19N3O3. The molecule has 2 aromatic rings. The highest BCUT2D eigenvalue weighted by Gasteiger charge is 2.40. The van der Waals surface area contributed by atoms with Gasteiger partial charge in [0.1, 0.15) is 0 Å². The number of benzene rings is 2. The normalized spacial score (nSPS) is 17.7. The van der Waals surface area contributed by atoms with Gasteiger partial charge in [-0.05, 0) is 61.7 Å². The number of carbonyl (C=O) groups excluding carboxylic acids is 3. The number of nitrogens with zero attached hydrogens (tertiary/aromatic N) is 2. The van der Waals surface area contributed by atoms with Crippen LogP contribution in [-0.2, 0) is 9.59 Å². The van der Waals surface area contributed by atoms with E-state index in [0.29, 0.717) is 11.4 Å². The summed E-state index contributed by atoms with van der Waals surface area (Å²) in [5.74, 6) is -2.44. The van der Waals surface area contributed by atoms with Crippen LogP contribution in [0.1, 0.15) is 16.7 Å². The summed E-state index contributed by atoms with van der Waals surface area (Å²) < 4.78 is 0. The van der Waals surface area contributed by atoms with Gasteiger partial charge in [0.25, 0.3) is 5.91 Å². The average Bonchev–Trinajstić information content (AvgIpc) is 2.57. The lowest BCUT2D eigenvalue weighted by atomic mass is 10.1. The van der Waals surface area contributed by atoms with E-state index >= 15 is 0 Å². The maximum Gasteiger partial charge on any atom is 0.335 e. The summed E-state index contributed by atoms with van der Waals surface area (Å²) in [6.07, 6.45) is 1.29. The average molecular weight is 349 g/mol. The Morgan fingerprint density at radius 1 is 1.00 bits per heavy atom. The van der Waals surface area contributed by atoms with Crippen molar-refractivity contribution in [1.29, 1.82) is 0 Å². The highest BCUT2D eigenvalue weighted by Crippen LogP contribution is 2.22. The van der Waals surface area contributed by atoms with E-state index in [0.717, 1.165) is 21.6 Å². The Bertz CT molecular complexity index is 934. The number of anilines is 1. The van der Waals surface area contributed by atoms with Crippen molar-refractivity contribution in [3.63, 3.8) is 0 Å². The van der Waals surface area contributed by atoms with Gasteiger partial charge >= 0.3 is 6.03 Å². The van der Waals surface area contributed by atoms with Gasteiger partial charge in [-0.25, -0.2) is 9.69 Å². The monoisotopic (exact) mass is 349 g/mol. The summed E-state index contributed by atoms with van der Waals surface area (Å²) in [6, 6.07) is 11.8. The summed E-state index contributed by atoms with van der Waals surface area (Å²) in [5.41, 5.74) is 4.17. The van der Waals surface area contributed by atoms with E-state index < -0.39 is 23.8 Å². The summed E-state index contributed by atoms with van der Waals surface area (Å²) in [4.78, 5) is 42.3. The topological polar surface area (TPSA) is 78.8 Å². The number of rotatable bonds is 3. The van der Waals surface area contributed by atoms with E-state index in [-0.39, 0.29) is 0 Å². The summed E-state index contributed by atoms with van der Waals surface area (Å²) >= 11 is 0. The molecule has 1 heterocycles. The van der Waals surface area contributed by atoms with Crippen LogP contribution in [0.3, 0.4) is 0 Å². The Hall–Kier alpha value is -3.28. The van der Waals surface area contributed by atoms with Crippen molar-refractivity contribution in [2.45, 2.75) is 20.8 Å². The summed E-state index contributed by atoms with van der Waals surface area (Å²) in [6.45, 7) is 5.82. The molecule has 0 radical (unpaired) electrons. The molecule has 3 rings (SSSR count). The molecule has 1 saturated heterocycles. The molecule has 2 aromatic carbocycles. The number of nitrogens with one attached hydrogen (secondary N) is 1. The van der Waals surface area contributed by atoms with E-state index in [1.54, 1.807) is 18.2 Å². The van der Waals surface area contributed by atoms with Crippen molar-refractivity contribution in [2.24, 2.45) is 10.9 Å². The molecule has 26 heavy (non-hydrogen) atoms. The number of hydrogen-bond donors (Lipinski definition) is 1. The lowest BCUT2D eigenvalue weighted by Crippen LogP contribution is -2.58.